The number of alkyl halides is 8. The Morgan fingerprint density at radius 3 is 2.17 bits per heavy atom. The van der Waals surface area contributed by atoms with Gasteiger partial charge in [-0.2, -0.15) is 31.4 Å². The van der Waals surface area contributed by atoms with Crippen molar-refractivity contribution in [1.29, 1.82) is 0 Å². The number of urea groups is 1. The lowest BCUT2D eigenvalue weighted by Gasteiger charge is -2.56. The molecule has 3 amide bonds. The number of imidazole rings is 1. The largest absolute Gasteiger partial charge is 0.439 e. The van der Waals surface area contributed by atoms with E-state index in [4.69, 9.17) is 31.4 Å². The lowest BCUT2D eigenvalue weighted by atomic mass is 9.43. The minimum absolute atomic E-state index is 0.131. The Balaban J connectivity index is 0.000000572. The maximum atomic E-state index is 14.6. The lowest BCUT2D eigenvalue weighted by Crippen LogP contribution is -2.82. The Hall–Kier alpha value is -3.84. The van der Waals surface area contributed by atoms with Gasteiger partial charge in [-0.05, 0) is 28.4 Å². The molecule has 0 unspecified atom stereocenters. The summed E-state index contributed by atoms with van der Waals surface area (Å²) in [6.45, 7) is 3.05. The first-order valence-electron chi connectivity index (χ1n) is 13.4. The van der Waals surface area contributed by atoms with Crippen LogP contribution in [0.15, 0.2) is 23.1 Å². The van der Waals surface area contributed by atoms with Crippen molar-refractivity contribution in [2.24, 2.45) is 5.41 Å². The molecule has 4 heterocycles. The normalized spacial score (nSPS) is 17.0. The average molecular weight is 686 g/mol. The number of carbonyl (C=O) groups excluding carboxylic acids is 2. The van der Waals surface area contributed by atoms with Crippen molar-refractivity contribution in [3.05, 3.63) is 41.1 Å². The Morgan fingerprint density at radius 1 is 1.08 bits per heavy atom. The molecule has 0 spiro atoms. The zero-order chi connectivity index (χ0) is 37.1. The van der Waals surface area contributed by atoms with E-state index in [0.29, 0.717) is 4.90 Å². The summed E-state index contributed by atoms with van der Waals surface area (Å²) >= 11 is 0. The Bertz CT molecular complexity index is 1580. The van der Waals surface area contributed by atoms with E-state index in [1.54, 1.807) is 19.5 Å². The number of nitrogens with one attached hydrogen (secondary N) is 2. The van der Waals surface area contributed by atoms with Crippen LogP contribution in [0.4, 0.5) is 39.9 Å². The van der Waals surface area contributed by atoms with Gasteiger partial charge >= 0.3 is 18.4 Å². The summed E-state index contributed by atoms with van der Waals surface area (Å²) in [5, 5.41) is 7.48. The van der Waals surface area contributed by atoms with E-state index in [1.165, 1.54) is 43.7 Å². The quantitative estimate of drug-likeness (QED) is 0.298. The predicted octanol–water partition coefficient (Wildman–Crippen LogP) is 2.45. The van der Waals surface area contributed by atoms with E-state index in [2.05, 4.69) is 35.1 Å². The molecule has 8 radical (unpaired) electrons. The van der Waals surface area contributed by atoms with Crippen molar-refractivity contribution in [1.82, 2.24) is 40.4 Å². The number of methoxy groups -OCH3 is 1. The molecule has 0 saturated carbocycles. The number of amides is 3. The Morgan fingerprint density at radius 2 is 1.67 bits per heavy atom. The van der Waals surface area contributed by atoms with Crippen molar-refractivity contribution >= 4 is 49.0 Å². The van der Waals surface area contributed by atoms with E-state index in [-0.39, 0.29) is 29.9 Å². The maximum absolute atomic E-state index is 14.6. The van der Waals surface area contributed by atoms with Crippen molar-refractivity contribution in [2.45, 2.75) is 69.2 Å². The van der Waals surface area contributed by atoms with Gasteiger partial charge in [0.1, 0.15) is 0 Å². The van der Waals surface area contributed by atoms with Gasteiger partial charge in [0.2, 0.25) is 11.4 Å². The molecule has 254 valence electrons. The molecule has 24 heteroatoms. The summed E-state index contributed by atoms with van der Waals surface area (Å²) < 4.78 is 113. The van der Waals surface area contributed by atoms with Gasteiger partial charge in [-0.15, -0.1) is 0 Å². The third-order valence-corrected chi connectivity index (χ3v) is 6.85. The lowest BCUT2D eigenvalue weighted by molar-refractivity contribution is -0.212. The number of aromatic nitrogens is 5. The zero-order valence-corrected chi connectivity index (χ0v) is 26.0. The second-order valence-corrected chi connectivity index (χ2v) is 11.0. The van der Waals surface area contributed by atoms with Gasteiger partial charge in [-0.1, -0.05) is 20.8 Å². The predicted molar refractivity (Wildman–Crippen MR) is 154 cm³/mol. The first-order valence-corrected chi connectivity index (χ1v) is 13.4. The van der Waals surface area contributed by atoms with E-state index in [0.717, 1.165) is 0 Å². The van der Waals surface area contributed by atoms with Crippen molar-refractivity contribution in [3.8, 4) is 0 Å². The minimum Gasteiger partial charge on any atom is -0.388 e. The maximum Gasteiger partial charge on any atom is 0.439 e. The van der Waals surface area contributed by atoms with Crippen LogP contribution in [-0.2, 0) is 24.0 Å². The third kappa shape index (κ3) is 8.59. The highest BCUT2D eigenvalue weighted by atomic mass is 19.4. The monoisotopic (exact) mass is 686 g/mol. The molecular weight excluding hydrogens is 660 g/mol. The van der Waals surface area contributed by atoms with Crippen LogP contribution in [0.1, 0.15) is 54.6 Å². The third-order valence-electron chi connectivity index (χ3n) is 6.85. The Kier molecular flexibility index (Phi) is 12.0. The SMILES string of the molecule is CCC(C)(C)C(F)(F)F.COC.[B]C1([B])NC(=O)N(Cc2cnn3cc(CNC(=O)c4nonc4C(F)(F)F)nc3c2)C([B])([B])C1(F)F. The highest BCUT2D eigenvalue weighted by molar-refractivity contribution is 6.48. The van der Waals surface area contributed by atoms with Crippen molar-refractivity contribution in [3.63, 3.8) is 0 Å². The van der Waals surface area contributed by atoms with Crippen LogP contribution < -0.4 is 10.6 Å². The second kappa shape index (κ2) is 14.3. The molecule has 12 nitrogen and oxygen atoms in total. The number of halogens is 8. The number of fused-ring (bicyclic) bond motifs is 1. The van der Waals surface area contributed by atoms with E-state index in [9.17, 15) is 44.7 Å². The van der Waals surface area contributed by atoms with Crippen LogP contribution in [0.5, 0.6) is 0 Å². The molecule has 1 aliphatic heterocycles. The number of ether oxygens (including phenoxy) is 1. The molecular formula is C24H26B4F8N8O4. The molecule has 1 aliphatic rings. The molecule has 4 rings (SSSR count). The fraction of sp³-hybridized carbons (Fsp3) is 0.583. The van der Waals surface area contributed by atoms with Gasteiger partial charge < -0.3 is 20.3 Å². The van der Waals surface area contributed by atoms with Gasteiger partial charge in [0.15, 0.2) is 5.65 Å². The van der Waals surface area contributed by atoms with E-state index >= 15 is 0 Å². The molecule has 3 aromatic rings. The van der Waals surface area contributed by atoms with Gasteiger partial charge in [0, 0.05) is 31.4 Å². The summed E-state index contributed by atoms with van der Waals surface area (Å²) in [7, 11) is 24.8. The molecule has 3 aromatic heterocycles. The summed E-state index contributed by atoms with van der Waals surface area (Å²) in [5.74, 6) is -5.38. The van der Waals surface area contributed by atoms with Crippen LogP contribution in [-0.4, -0.2) is 110 Å². The number of hydrogen-bond acceptors (Lipinski definition) is 8. The number of carbonyl (C=O) groups is 2. The van der Waals surface area contributed by atoms with Gasteiger partial charge in [0.05, 0.1) is 61.4 Å². The fourth-order valence-corrected chi connectivity index (χ4v) is 3.49. The first-order chi connectivity index (χ1) is 21.8. The van der Waals surface area contributed by atoms with Crippen LogP contribution >= 0.6 is 0 Å². The number of hydrogen-bond donors (Lipinski definition) is 2. The van der Waals surface area contributed by atoms with Crippen molar-refractivity contribution < 1.29 is 54.1 Å². The zero-order valence-electron chi connectivity index (χ0n) is 26.0. The molecule has 0 atom stereocenters. The molecule has 1 saturated heterocycles. The highest BCUT2D eigenvalue weighted by Gasteiger charge is 2.62. The van der Waals surface area contributed by atoms with Crippen LogP contribution in [0, 0.1) is 5.41 Å². The standard InChI is InChI=1S/C16H9B4F5N8O3.C6H11F3.C2H6O/c17-15(18)14(24,25)16(19,20)32(12(35)29-15)4-6-1-8-28-7(5-33(8)27-2-6)3-26-11(34)9-10(13(21,22)23)31-36-30-9;1-4-5(2,3)6(7,8)9;1-3-2/h1-2,5H,3-4H2,(H,26,34)(H,29,35);4H2,1-3H3;1-2H3. The van der Waals surface area contributed by atoms with Crippen LogP contribution in [0.25, 0.3) is 5.65 Å². The fourth-order valence-electron chi connectivity index (χ4n) is 3.49. The molecule has 2 N–H and O–H groups in total. The minimum atomic E-state index is -4.95. The Labute approximate surface area is 273 Å². The topological polar surface area (TPSA) is 140 Å². The summed E-state index contributed by atoms with van der Waals surface area (Å²) in [6.07, 6.45) is -6.34. The highest BCUT2D eigenvalue weighted by Crippen LogP contribution is 2.41. The number of rotatable bonds is 6. The first kappa shape index (κ1) is 40.3. The van der Waals surface area contributed by atoms with Crippen LogP contribution in [0.2, 0.25) is 0 Å². The molecule has 48 heavy (non-hydrogen) atoms. The summed E-state index contributed by atoms with van der Waals surface area (Å²) in [6, 6.07) is 0.179. The molecule has 0 aliphatic carbocycles. The van der Waals surface area contributed by atoms with Crippen LogP contribution in [0.3, 0.4) is 0 Å². The van der Waals surface area contributed by atoms with Gasteiger partial charge in [-0.25, -0.2) is 27.7 Å². The summed E-state index contributed by atoms with van der Waals surface area (Å²) in [4.78, 5) is 28.9. The van der Waals surface area contributed by atoms with Gasteiger partial charge in [-0.3, -0.25) is 4.79 Å². The molecule has 0 aromatic carbocycles. The molecule has 0 bridgehead atoms. The molecule has 1 fully saturated rings. The number of nitrogens with zero attached hydrogens (tertiary/aromatic N) is 6. The average Bonchev–Trinajstić information content (AvgIpc) is 3.61. The smallest absolute Gasteiger partial charge is 0.388 e. The van der Waals surface area contributed by atoms with Gasteiger partial charge in [0.25, 0.3) is 11.8 Å². The summed E-state index contributed by atoms with van der Waals surface area (Å²) in [5.41, 5.74) is -3.72. The second-order valence-electron chi connectivity index (χ2n) is 11.0. The van der Waals surface area contributed by atoms with E-state index < -0.39 is 64.2 Å². The van der Waals surface area contributed by atoms with E-state index in [1.807, 2.05) is 0 Å². The van der Waals surface area contributed by atoms with Crippen molar-refractivity contribution in [2.75, 3.05) is 14.2 Å².